The van der Waals surface area contributed by atoms with Crippen molar-refractivity contribution in [2.75, 3.05) is 38.2 Å². The summed E-state index contributed by atoms with van der Waals surface area (Å²) < 4.78 is 7.08. The molecule has 3 aromatic rings. The molecule has 230 valence electrons. The molecular weight excluding hydrogens is 540 g/mol. The smallest absolute Gasteiger partial charge is 0.276 e. The molecular formula is C34H46N6O3. The number of benzene rings is 2. The maximum absolute atomic E-state index is 14.3. The Labute approximate surface area is 255 Å². The predicted molar refractivity (Wildman–Crippen MR) is 169 cm³/mol. The summed E-state index contributed by atoms with van der Waals surface area (Å²) in [5.74, 6) is 0.854. The molecule has 1 aromatic heterocycles. The van der Waals surface area contributed by atoms with Gasteiger partial charge in [0.1, 0.15) is 5.75 Å². The molecule has 1 saturated carbocycles. The van der Waals surface area contributed by atoms with Crippen LogP contribution < -0.4 is 9.64 Å². The first kappa shape index (κ1) is 30.7. The first-order valence-electron chi connectivity index (χ1n) is 15.8. The summed E-state index contributed by atoms with van der Waals surface area (Å²) in [4.78, 5) is 34.7. The van der Waals surface area contributed by atoms with Crippen LogP contribution in [0.3, 0.4) is 0 Å². The van der Waals surface area contributed by atoms with Crippen LogP contribution in [0.25, 0.3) is 5.69 Å². The number of anilines is 1. The van der Waals surface area contributed by atoms with Gasteiger partial charge < -0.3 is 14.5 Å². The summed E-state index contributed by atoms with van der Waals surface area (Å²) in [7, 11) is 1.63. The first-order valence-corrected chi connectivity index (χ1v) is 15.8. The molecule has 0 bridgehead atoms. The lowest BCUT2D eigenvalue weighted by atomic mass is 9.87. The minimum Gasteiger partial charge on any atom is -0.497 e. The van der Waals surface area contributed by atoms with E-state index in [0.717, 1.165) is 67.7 Å². The van der Waals surface area contributed by atoms with E-state index in [4.69, 9.17) is 4.74 Å². The SMILES string of the molecule is COc1cccc(-n2nnc(C(=O)N3CCN(C(C)C)CCCN(C(=O)C4CCCCC4)c4c(C)cccc4C3)c2C)c1. The van der Waals surface area contributed by atoms with E-state index in [1.165, 1.54) is 6.42 Å². The molecule has 1 fully saturated rings. The quantitative estimate of drug-likeness (QED) is 0.389. The molecule has 0 radical (unpaired) electrons. The molecule has 2 aliphatic rings. The van der Waals surface area contributed by atoms with Gasteiger partial charge in [0.2, 0.25) is 5.91 Å². The number of para-hydroxylation sites is 1. The Morgan fingerprint density at radius 2 is 1.70 bits per heavy atom. The Morgan fingerprint density at radius 3 is 2.44 bits per heavy atom. The van der Waals surface area contributed by atoms with Gasteiger partial charge in [0.15, 0.2) is 5.69 Å². The van der Waals surface area contributed by atoms with Crippen LogP contribution in [0.1, 0.15) is 79.7 Å². The number of hydrogen-bond acceptors (Lipinski definition) is 6. The number of aromatic nitrogens is 3. The molecule has 0 N–H and O–H groups in total. The van der Waals surface area contributed by atoms with Crippen molar-refractivity contribution in [2.24, 2.45) is 5.92 Å². The van der Waals surface area contributed by atoms with Crippen LogP contribution in [0.2, 0.25) is 0 Å². The minimum atomic E-state index is -0.160. The van der Waals surface area contributed by atoms with Crippen molar-refractivity contribution >= 4 is 17.5 Å². The molecule has 0 saturated heterocycles. The molecule has 9 nitrogen and oxygen atoms in total. The van der Waals surface area contributed by atoms with Crippen LogP contribution in [0.4, 0.5) is 5.69 Å². The number of nitrogens with zero attached hydrogens (tertiary/aromatic N) is 6. The summed E-state index contributed by atoms with van der Waals surface area (Å²) >= 11 is 0. The highest BCUT2D eigenvalue weighted by atomic mass is 16.5. The number of ether oxygens (including phenoxy) is 1. The average molecular weight is 587 g/mol. The molecule has 9 heteroatoms. The molecule has 1 aliphatic carbocycles. The number of rotatable bonds is 5. The zero-order valence-corrected chi connectivity index (χ0v) is 26.4. The summed E-state index contributed by atoms with van der Waals surface area (Å²) in [6.07, 6.45) is 6.24. The molecule has 1 aliphatic heterocycles. The average Bonchev–Trinajstić information content (AvgIpc) is 3.39. The van der Waals surface area contributed by atoms with Gasteiger partial charge in [-0.2, -0.15) is 0 Å². The second kappa shape index (κ2) is 13.7. The molecule has 5 rings (SSSR count). The topological polar surface area (TPSA) is 83.8 Å². The van der Waals surface area contributed by atoms with Crippen LogP contribution in [0, 0.1) is 19.8 Å². The van der Waals surface area contributed by atoms with Gasteiger partial charge in [-0.3, -0.25) is 14.5 Å². The molecule has 2 heterocycles. The fourth-order valence-corrected chi connectivity index (χ4v) is 6.57. The molecule has 0 unspecified atom stereocenters. The summed E-state index contributed by atoms with van der Waals surface area (Å²) in [5, 5.41) is 8.73. The lowest BCUT2D eigenvalue weighted by molar-refractivity contribution is -0.123. The van der Waals surface area contributed by atoms with E-state index < -0.39 is 0 Å². The highest BCUT2D eigenvalue weighted by Crippen LogP contribution is 2.33. The monoisotopic (exact) mass is 586 g/mol. The van der Waals surface area contributed by atoms with E-state index in [2.05, 4.69) is 53.0 Å². The summed E-state index contributed by atoms with van der Waals surface area (Å²) in [5.41, 5.74) is 4.81. The van der Waals surface area contributed by atoms with E-state index >= 15 is 0 Å². The fraction of sp³-hybridized carbons (Fsp3) is 0.529. The number of hydrogen-bond donors (Lipinski definition) is 0. The number of carbonyl (C=O) groups is 2. The van der Waals surface area contributed by atoms with Gasteiger partial charge in [0, 0.05) is 50.7 Å². The Kier molecular flexibility index (Phi) is 9.80. The Hall–Kier alpha value is -3.72. The first-order chi connectivity index (χ1) is 20.8. The summed E-state index contributed by atoms with van der Waals surface area (Å²) in [6, 6.07) is 14.1. The van der Waals surface area contributed by atoms with Crippen molar-refractivity contribution in [3.63, 3.8) is 0 Å². The third-order valence-electron chi connectivity index (χ3n) is 9.07. The molecule has 0 spiro atoms. The van der Waals surface area contributed by atoms with Crippen LogP contribution in [0.15, 0.2) is 42.5 Å². The van der Waals surface area contributed by atoms with Gasteiger partial charge in [-0.25, -0.2) is 4.68 Å². The normalized spacial score (nSPS) is 17.4. The maximum Gasteiger partial charge on any atom is 0.276 e. The standard InChI is InChI=1S/C34H46N6O3/c1-24(2)37-18-11-19-39(33(41)27-13-7-6-8-14-27)32-25(3)12-9-15-28(32)23-38(21-20-37)34(42)31-26(4)40(36-35-31)29-16-10-17-30(22-29)43-5/h9-10,12,15-17,22,24,27H,6-8,11,13-14,18-21,23H2,1-5H3. The van der Waals surface area contributed by atoms with Gasteiger partial charge in [-0.15, -0.1) is 5.10 Å². The van der Waals surface area contributed by atoms with Gasteiger partial charge in [-0.1, -0.05) is 48.7 Å². The largest absolute Gasteiger partial charge is 0.497 e. The second-order valence-electron chi connectivity index (χ2n) is 12.3. The van der Waals surface area contributed by atoms with Crippen molar-refractivity contribution in [3.05, 3.63) is 65.0 Å². The highest BCUT2D eigenvalue weighted by Gasteiger charge is 2.31. The second-order valence-corrected chi connectivity index (χ2v) is 12.3. The zero-order chi connectivity index (χ0) is 30.5. The van der Waals surface area contributed by atoms with Crippen molar-refractivity contribution in [1.82, 2.24) is 24.8 Å². The third-order valence-corrected chi connectivity index (χ3v) is 9.07. The predicted octanol–water partition coefficient (Wildman–Crippen LogP) is 5.56. The van der Waals surface area contributed by atoms with Crippen molar-refractivity contribution in [3.8, 4) is 11.4 Å². The number of fused-ring (bicyclic) bond motifs is 1. The number of amides is 2. The number of aryl methyl sites for hydroxylation is 1. The Morgan fingerprint density at radius 1 is 0.930 bits per heavy atom. The molecule has 2 aromatic carbocycles. The third kappa shape index (κ3) is 6.77. The molecule has 2 amide bonds. The van der Waals surface area contributed by atoms with E-state index in [1.807, 2.05) is 42.2 Å². The van der Waals surface area contributed by atoms with Crippen LogP contribution >= 0.6 is 0 Å². The maximum atomic E-state index is 14.3. The fourth-order valence-electron chi connectivity index (χ4n) is 6.57. The van der Waals surface area contributed by atoms with Crippen molar-refractivity contribution in [1.29, 1.82) is 0 Å². The number of methoxy groups -OCH3 is 1. The van der Waals surface area contributed by atoms with E-state index in [9.17, 15) is 9.59 Å². The van der Waals surface area contributed by atoms with Crippen molar-refractivity contribution < 1.29 is 14.3 Å². The van der Waals surface area contributed by atoms with Gasteiger partial charge >= 0.3 is 0 Å². The number of carbonyl (C=O) groups excluding carboxylic acids is 2. The van der Waals surface area contributed by atoms with Crippen LogP contribution in [-0.4, -0.2) is 75.9 Å². The highest BCUT2D eigenvalue weighted by molar-refractivity contribution is 5.97. The van der Waals surface area contributed by atoms with Gasteiger partial charge in [0.25, 0.3) is 5.91 Å². The van der Waals surface area contributed by atoms with Crippen molar-refractivity contribution in [2.45, 2.75) is 78.8 Å². The molecule has 0 atom stereocenters. The van der Waals surface area contributed by atoms with E-state index in [-0.39, 0.29) is 17.7 Å². The van der Waals surface area contributed by atoms with E-state index in [1.54, 1.807) is 11.8 Å². The Bertz CT molecular complexity index is 1430. The lowest BCUT2D eigenvalue weighted by Crippen LogP contribution is -2.42. The van der Waals surface area contributed by atoms with Crippen LogP contribution in [-0.2, 0) is 11.3 Å². The Balaban J connectivity index is 1.51. The van der Waals surface area contributed by atoms with Gasteiger partial charge in [0.05, 0.1) is 24.2 Å². The minimum absolute atomic E-state index is 0.0690. The molecule has 43 heavy (non-hydrogen) atoms. The zero-order valence-electron chi connectivity index (χ0n) is 26.4. The van der Waals surface area contributed by atoms with Gasteiger partial charge in [-0.05, 0) is 70.2 Å². The lowest BCUT2D eigenvalue weighted by Gasteiger charge is -2.33. The van der Waals surface area contributed by atoms with Crippen LogP contribution in [0.5, 0.6) is 5.75 Å². The summed E-state index contributed by atoms with van der Waals surface area (Å²) in [6.45, 7) is 11.6. The van der Waals surface area contributed by atoms with E-state index in [0.29, 0.717) is 42.8 Å².